The third-order valence-corrected chi connectivity index (χ3v) is 7.81. The number of benzene rings is 1. The summed E-state index contributed by atoms with van der Waals surface area (Å²) in [6, 6.07) is 5.74. The van der Waals surface area contributed by atoms with Crippen LogP contribution in [0.15, 0.2) is 47.8 Å². The molecule has 0 saturated carbocycles. The van der Waals surface area contributed by atoms with Crippen molar-refractivity contribution in [1.82, 2.24) is 34.0 Å². The van der Waals surface area contributed by atoms with Crippen LogP contribution >= 0.6 is 0 Å². The Kier molecular flexibility index (Phi) is 6.10. The summed E-state index contributed by atoms with van der Waals surface area (Å²) in [5.74, 6) is -0.319. The standard InChI is InChI=1S/C27H30FN7O3/c1-18(34-15-19-3-2-4-23(19)31-34)13-24(36)32-11-9-27(38,10-12-32)16-33-17-29-25-22(26(33)37)14-30-35(25)21-7-5-20(28)6-8-21/h5-8,14-15,17-18,38H,2-4,9-13,16H2,1H3/t18-/m0/s1. The molecule has 11 heteroatoms. The summed E-state index contributed by atoms with van der Waals surface area (Å²) >= 11 is 0. The first-order valence-corrected chi connectivity index (χ1v) is 13.1. The molecule has 2 aliphatic rings. The van der Waals surface area contributed by atoms with E-state index in [1.807, 2.05) is 11.6 Å². The first kappa shape index (κ1) is 24.5. The highest BCUT2D eigenvalue weighted by molar-refractivity contribution is 5.77. The lowest BCUT2D eigenvalue weighted by molar-refractivity contribution is -0.136. The molecule has 0 unspecified atom stereocenters. The molecule has 1 N–H and O–H groups in total. The van der Waals surface area contributed by atoms with Crippen molar-refractivity contribution in [3.8, 4) is 5.69 Å². The Labute approximate surface area is 218 Å². The summed E-state index contributed by atoms with van der Waals surface area (Å²) in [6.07, 6.45) is 9.22. The molecule has 1 amide bonds. The topological polar surface area (TPSA) is 111 Å². The predicted octanol–water partition coefficient (Wildman–Crippen LogP) is 2.41. The Morgan fingerprint density at radius 3 is 2.68 bits per heavy atom. The van der Waals surface area contributed by atoms with Crippen LogP contribution in [0, 0.1) is 5.82 Å². The van der Waals surface area contributed by atoms with Crippen molar-refractivity contribution in [2.75, 3.05) is 13.1 Å². The van der Waals surface area contributed by atoms with E-state index in [-0.39, 0.29) is 29.9 Å². The molecule has 1 fully saturated rings. The van der Waals surface area contributed by atoms with E-state index in [9.17, 15) is 19.1 Å². The zero-order chi connectivity index (χ0) is 26.4. The molecule has 1 aliphatic heterocycles. The summed E-state index contributed by atoms with van der Waals surface area (Å²) < 4.78 is 18.1. The van der Waals surface area contributed by atoms with Crippen LogP contribution in [0.2, 0.25) is 0 Å². The van der Waals surface area contributed by atoms with Crippen LogP contribution < -0.4 is 5.56 Å². The Morgan fingerprint density at radius 1 is 1.18 bits per heavy atom. The lowest BCUT2D eigenvalue weighted by Gasteiger charge is -2.38. The number of hydrogen-bond acceptors (Lipinski definition) is 6. The molecule has 4 aromatic rings. The molecular weight excluding hydrogens is 489 g/mol. The molecule has 1 aromatic carbocycles. The lowest BCUT2D eigenvalue weighted by atomic mass is 9.91. The SMILES string of the molecule is C[C@@H](CC(=O)N1CCC(O)(Cn2cnc3c(cnn3-c3ccc(F)cc3)c2=O)CC1)n1cc2c(n1)CCC2. The van der Waals surface area contributed by atoms with E-state index in [0.717, 1.165) is 25.0 Å². The van der Waals surface area contributed by atoms with Crippen molar-refractivity contribution in [3.63, 3.8) is 0 Å². The predicted molar refractivity (Wildman–Crippen MR) is 137 cm³/mol. The van der Waals surface area contributed by atoms with Gasteiger partial charge in [-0.25, -0.2) is 14.1 Å². The maximum atomic E-state index is 13.3. The van der Waals surface area contributed by atoms with Crippen LogP contribution in [0.25, 0.3) is 16.7 Å². The van der Waals surface area contributed by atoms with Gasteiger partial charge in [0.1, 0.15) is 17.5 Å². The van der Waals surface area contributed by atoms with Gasteiger partial charge in [0.2, 0.25) is 5.91 Å². The zero-order valence-corrected chi connectivity index (χ0v) is 21.3. The number of aliphatic hydroxyl groups is 1. The number of carbonyl (C=O) groups excluding carboxylic acids is 1. The molecule has 198 valence electrons. The van der Waals surface area contributed by atoms with Crippen LogP contribution in [-0.4, -0.2) is 63.7 Å². The highest BCUT2D eigenvalue weighted by Gasteiger charge is 2.35. The van der Waals surface area contributed by atoms with E-state index in [1.165, 1.54) is 39.5 Å². The van der Waals surface area contributed by atoms with E-state index in [1.54, 1.807) is 17.0 Å². The molecule has 38 heavy (non-hydrogen) atoms. The minimum absolute atomic E-state index is 0.0267. The monoisotopic (exact) mass is 519 g/mol. The quantitative estimate of drug-likeness (QED) is 0.419. The second kappa shape index (κ2) is 9.46. The molecule has 3 aromatic heterocycles. The molecule has 1 saturated heterocycles. The van der Waals surface area contributed by atoms with Crippen molar-refractivity contribution in [1.29, 1.82) is 0 Å². The van der Waals surface area contributed by atoms with E-state index in [0.29, 0.717) is 49.1 Å². The molecule has 1 aliphatic carbocycles. The zero-order valence-electron chi connectivity index (χ0n) is 21.3. The smallest absolute Gasteiger partial charge is 0.264 e. The van der Waals surface area contributed by atoms with Gasteiger partial charge in [-0.05, 0) is 68.9 Å². The number of likely N-dealkylation sites (tertiary alicyclic amines) is 1. The summed E-state index contributed by atoms with van der Waals surface area (Å²) in [6.45, 7) is 2.93. The number of nitrogens with zero attached hydrogens (tertiary/aromatic N) is 7. The molecule has 1 atom stereocenters. The van der Waals surface area contributed by atoms with Crippen LogP contribution in [0.5, 0.6) is 0 Å². The molecular formula is C27H30FN7O3. The van der Waals surface area contributed by atoms with Gasteiger partial charge in [0.25, 0.3) is 5.56 Å². The van der Waals surface area contributed by atoms with Crippen molar-refractivity contribution in [3.05, 3.63) is 70.4 Å². The van der Waals surface area contributed by atoms with Gasteiger partial charge in [-0.3, -0.25) is 18.8 Å². The molecule has 6 rings (SSSR count). The third kappa shape index (κ3) is 4.51. The molecule has 0 spiro atoms. The minimum atomic E-state index is -1.13. The average molecular weight is 520 g/mol. The summed E-state index contributed by atoms with van der Waals surface area (Å²) in [7, 11) is 0. The first-order valence-electron chi connectivity index (χ1n) is 13.1. The van der Waals surface area contributed by atoms with Gasteiger partial charge in [-0.2, -0.15) is 10.2 Å². The number of aromatic nitrogens is 6. The van der Waals surface area contributed by atoms with Crippen molar-refractivity contribution >= 4 is 16.9 Å². The van der Waals surface area contributed by atoms with Gasteiger partial charge >= 0.3 is 0 Å². The fourth-order valence-electron chi connectivity index (χ4n) is 5.51. The highest BCUT2D eigenvalue weighted by atomic mass is 19.1. The van der Waals surface area contributed by atoms with Gasteiger partial charge in [0, 0.05) is 25.7 Å². The first-order chi connectivity index (χ1) is 18.3. The normalized spacial score (nSPS) is 17.6. The molecule has 4 heterocycles. The molecule has 0 radical (unpaired) electrons. The number of fused-ring (bicyclic) bond motifs is 2. The lowest BCUT2D eigenvalue weighted by Crippen LogP contribution is -2.49. The number of carbonyl (C=O) groups is 1. The summed E-state index contributed by atoms with van der Waals surface area (Å²) in [4.78, 5) is 32.3. The second-order valence-corrected chi connectivity index (χ2v) is 10.5. The number of rotatable bonds is 6. The summed E-state index contributed by atoms with van der Waals surface area (Å²) in [5.41, 5.74) is 1.96. The van der Waals surface area contributed by atoms with Crippen molar-refractivity contribution in [2.24, 2.45) is 0 Å². The van der Waals surface area contributed by atoms with E-state index in [4.69, 9.17) is 0 Å². The van der Waals surface area contributed by atoms with Crippen molar-refractivity contribution < 1.29 is 14.3 Å². The second-order valence-electron chi connectivity index (χ2n) is 10.5. The van der Waals surface area contributed by atoms with E-state index >= 15 is 0 Å². The fourth-order valence-corrected chi connectivity index (χ4v) is 5.51. The van der Waals surface area contributed by atoms with E-state index < -0.39 is 5.60 Å². The highest BCUT2D eigenvalue weighted by Crippen LogP contribution is 2.27. The van der Waals surface area contributed by atoms with Gasteiger partial charge < -0.3 is 10.0 Å². The Morgan fingerprint density at radius 2 is 1.95 bits per heavy atom. The molecule has 0 bridgehead atoms. The van der Waals surface area contributed by atoms with Gasteiger partial charge in [0.05, 0.1) is 35.8 Å². The van der Waals surface area contributed by atoms with E-state index in [2.05, 4.69) is 21.4 Å². The Hall–Kier alpha value is -3.86. The van der Waals surface area contributed by atoms with Crippen LogP contribution in [0.1, 0.15) is 49.9 Å². The minimum Gasteiger partial charge on any atom is -0.388 e. The maximum Gasteiger partial charge on any atom is 0.264 e. The van der Waals surface area contributed by atoms with Gasteiger partial charge in [-0.1, -0.05) is 0 Å². The number of aryl methyl sites for hydroxylation is 2. The van der Waals surface area contributed by atoms with Crippen LogP contribution in [0.3, 0.4) is 0 Å². The fraction of sp³-hybridized carbons (Fsp3) is 0.444. The number of halogens is 1. The summed E-state index contributed by atoms with van der Waals surface area (Å²) in [5, 5.41) is 20.5. The Balaban J connectivity index is 1.10. The number of piperidine rings is 1. The molecule has 10 nitrogen and oxygen atoms in total. The van der Waals surface area contributed by atoms with Gasteiger partial charge in [-0.15, -0.1) is 0 Å². The maximum absolute atomic E-state index is 13.3. The van der Waals surface area contributed by atoms with Gasteiger partial charge in [0.15, 0.2) is 5.65 Å². The third-order valence-electron chi connectivity index (χ3n) is 7.81. The average Bonchev–Trinajstić information content (AvgIpc) is 3.62. The van der Waals surface area contributed by atoms with Crippen molar-refractivity contribution in [2.45, 2.75) is 63.6 Å². The van der Waals surface area contributed by atoms with Crippen LogP contribution in [-0.2, 0) is 24.2 Å². The number of amides is 1. The van der Waals surface area contributed by atoms with Crippen LogP contribution in [0.4, 0.5) is 4.39 Å². The number of hydrogen-bond donors (Lipinski definition) is 1. The Bertz CT molecular complexity index is 1530. The largest absolute Gasteiger partial charge is 0.388 e.